The molecule has 8 nitrogen and oxygen atoms in total. The number of nitrogens with zero attached hydrogens (tertiary/aromatic N) is 5. The summed E-state index contributed by atoms with van der Waals surface area (Å²) in [5.41, 5.74) is 1.59. The summed E-state index contributed by atoms with van der Waals surface area (Å²) < 4.78 is 7.34. The van der Waals surface area contributed by atoms with Gasteiger partial charge in [0, 0.05) is 32.1 Å². The third kappa shape index (κ3) is 4.55. The Morgan fingerprint density at radius 1 is 1.26 bits per heavy atom. The summed E-state index contributed by atoms with van der Waals surface area (Å²) >= 11 is 0. The number of ether oxygens (including phenoxy) is 1. The Morgan fingerprint density at radius 2 is 2.06 bits per heavy atom. The zero-order valence-electron chi connectivity index (χ0n) is 18.1. The highest BCUT2D eigenvalue weighted by Crippen LogP contribution is 2.30. The van der Waals surface area contributed by atoms with Gasteiger partial charge in [-0.3, -0.25) is 9.69 Å². The number of aliphatic hydroxyl groups excluding tert-OH is 1. The number of aliphatic hydroxyl groups is 1. The third-order valence-electron chi connectivity index (χ3n) is 5.95. The highest BCUT2D eigenvalue weighted by Gasteiger charge is 2.24. The summed E-state index contributed by atoms with van der Waals surface area (Å²) in [4.78, 5) is 16.3. The molecule has 1 aromatic heterocycles. The standard InChI is InChI=1S/C23H29N5O3/c1-26(12-13-29)23(30)21-16-28(25-24-21)18-6-5-11-27(15-18)14-17-9-10-22(31-2)20-8-4-3-7-19(17)20/h3-4,7-10,16,18,29H,5-6,11-15H2,1-2H3/t18-/m0/s1. The van der Waals surface area contributed by atoms with Crippen LogP contribution in [0.2, 0.25) is 0 Å². The zero-order valence-corrected chi connectivity index (χ0v) is 18.1. The largest absolute Gasteiger partial charge is 0.496 e. The van der Waals surface area contributed by atoms with Crippen LogP contribution < -0.4 is 4.74 Å². The number of piperidine rings is 1. The summed E-state index contributed by atoms with van der Waals surface area (Å²) in [6.07, 6.45) is 3.79. The highest BCUT2D eigenvalue weighted by atomic mass is 16.5. The number of methoxy groups -OCH3 is 1. The second-order valence-electron chi connectivity index (χ2n) is 8.04. The number of carbonyl (C=O) groups is 1. The molecule has 1 N–H and O–H groups in total. The smallest absolute Gasteiger partial charge is 0.275 e. The van der Waals surface area contributed by atoms with E-state index in [1.54, 1.807) is 20.4 Å². The average molecular weight is 424 g/mol. The van der Waals surface area contributed by atoms with Crippen LogP contribution in [-0.2, 0) is 6.54 Å². The summed E-state index contributed by atoms with van der Waals surface area (Å²) in [7, 11) is 3.36. The van der Waals surface area contributed by atoms with Crippen molar-refractivity contribution in [2.75, 3.05) is 40.4 Å². The van der Waals surface area contributed by atoms with E-state index >= 15 is 0 Å². The van der Waals surface area contributed by atoms with Gasteiger partial charge in [-0.2, -0.15) is 0 Å². The molecule has 0 aliphatic carbocycles. The molecule has 1 amide bonds. The minimum Gasteiger partial charge on any atom is -0.496 e. The highest BCUT2D eigenvalue weighted by molar-refractivity contribution is 5.92. The lowest BCUT2D eigenvalue weighted by Gasteiger charge is -2.32. The first-order chi connectivity index (χ1) is 15.1. The number of likely N-dealkylation sites (N-methyl/N-ethyl adjacent to an activating group) is 1. The fourth-order valence-corrected chi connectivity index (χ4v) is 4.28. The van der Waals surface area contributed by atoms with Gasteiger partial charge in [0.2, 0.25) is 0 Å². The van der Waals surface area contributed by atoms with Crippen molar-refractivity contribution in [3.05, 3.63) is 53.9 Å². The van der Waals surface area contributed by atoms with Crippen LogP contribution in [0.15, 0.2) is 42.6 Å². The van der Waals surface area contributed by atoms with Crippen molar-refractivity contribution in [2.24, 2.45) is 0 Å². The number of fused-ring (bicyclic) bond motifs is 1. The number of hydrogen-bond donors (Lipinski definition) is 1. The fraction of sp³-hybridized carbons (Fsp3) is 0.435. The molecule has 0 spiro atoms. The molecule has 4 rings (SSSR count). The van der Waals surface area contributed by atoms with Gasteiger partial charge in [0.25, 0.3) is 5.91 Å². The molecule has 1 fully saturated rings. The van der Waals surface area contributed by atoms with E-state index in [9.17, 15) is 4.79 Å². The summed E-state index contributed by atoms with van der Waals surface area (Å²) in [5.74, 6) is 0.666. The van der Waals surface area contributed by atoms with Crippen molar-refractivity contribution in [2.45, 2.75) is 25.4 Å². The first-order valence-corrected chi connectivity index (χ1v) is 10.7. The van der Waals surface area contributed by atoms with Crippen molar-refractivity contribution in [3.8, 4) is 5.75 Å². The summed E-state index contributed by atoms with van der Waals surface area (Å²) in [6, 6.07) is 12.7. The minimum absolute atomic E-state index is 0.0754. The number of amides is 1. The van der Waals surface area contributed by atoms with Crippen LogP contribution in [0.3, 0.4) is 0 Å². The number of likely N-dealkylation sites (tertiary alicyclic amines) is 1. The lowest BCUT2D eigenvalue weighted by molar-refractivity contribution is 0.0761. The van der Waals surface area contributed by atoms with Gasteiger partial charge in [0.05, 0.1) is 26.0 Å². The van der Waals surface area contributed by atoms with Crippen LogP contribution in [0.25, 0.3) is 10.8 Å². The van der Waals surface area contributed by atoms with E-state index in [-0.39, 0.29) is 25.1 Å². The molecule has 2 heterocycles. The predicted octanol–water partition coefficient (Wildman–Crippen LogP) is 2.34. The first-order valence-electron chi connectivity index (χ1n) is 10.7. The van der Waals surface area contributed by atoms with Gasteiger partial charge >= 0.3 is 0 Å². The summed E-state index contributed by atoms with van der Waals surface area (Å²) in [6.45, 7) is 2.92. The van der Waals surface area contributed by atoms with E-state index in [1.807, 2.05) is 16.8 Å². The normalized spacial score (nSPS) is 17.1. The maximum Gasteiger partial charge on any atom is 0.275 e. The Bertz CT molecular complexity index is 1050. The molecule has 1 aliphatic rings. The van der Waals surface area contributed by atoms with E-state index in [4.69, 9.17) is 9.84 Å². The minimum atomic E-state index is -0.224. The van der Waals surface area contributed by atoms with Crippen molar-refractivity contribution in [3.63, 3.8) is 0 Å². The van der Waals surface area contributed by atoms with Crippen LogP contribution in [0.5, 0.6) is 5.75 Å². The van der Waals surface area contributed by atoms with E-state index < -0.39 is 0 Å². The van der Waals surface area contributed by atoms with Gasteiger partial charge in [0.1, 0.15) is 5.75 Å². The molecule has 0 radical (unpaired) electrons. The SMILES string of the molecule is COc1ccc(CN2CCC[C@H](n3cc(C(=O)N(C)CCO)nn3)C2)c2ccccc12. The Hall–Kier alpha value is -2.97. The number of hydrogen-bond acceptors (Lipinski definition) is 6. The summed E-state index contributed by atoms with van der Waals surface area (Å²) in [5, 5.41) is 19.7. The molecule has 0 unspecified atom stereocenters. The van der Waals surface area contributed by atoms with Crippen molar-refractivity contribution in [1.82, 2.24) is 24.8 Å². The van der Waals surface area contributed by atoms with Crippen molar-refractivity contribution >= 4 is 16.7 Å². The second-order valence-corrected chi connectivity index (χ2v) is 8.04. The third-order valence-corrected chi connectivity index (χ3v) is 5.95. The molecule has 31 heavy (non-hydrogen) atoms. The van der Waals surface area contributed by atoms with Gasteiger partial charge in [-0.15, -0.1) is 5.10 Å². The van der Waals surface area contributed by atoms with Crippen LogP contribution >= 0.6 is 0 Å². The molecule has 0 saturated carbocycles. The Kier molecular flexibility index (Phi) is 6.48. The number of benzene rings is 2. The molecule has 1 saturated heterocycles. The Labute approximate surface area is 182 Å². The monoisotopic (exact) mass is 423 g/mol. The van der Waals surface area contributed by atoms with E-state index in [0.717, 1.165) is 43.6 Å². The number of carbonyl (C=O) groups excluding carboxylic acids is 1. The lowest BCUT2D eigenvalue weighted by atomic mass is 10.0. The van der Waals surface area contributed by atoms with Crippen LogP contribution in [0.1, 0.15) is 34.9 Å². The Morgan fingerprint density at radius 3 is 2.84 bits per heavy atom. The first kappa shape index (κ1) is 21.3. The van der Waals surface area contributed by atoms with Crippen LogP contribution in [-0.4, -0.2) is 76.2 Å². The molecule has 0 bridgehead atoms. The van der Waals surface area contributed by atoms with Gasteiger partial charge in [-0.1, -0.05) is 35.5 Å². The fourth-order valence-electron chi connectivity index (χ4n) is 4.28. The quantitative estimate of drug-likeness (QED) is 0.628. The van der Waals surface area contributed by atoms with E-state index in [1.165, 1.54) is 15.8 Å². The predicted molar refractivity (Wildman–Crippen MR) is 118 cm³/mol. The maximum absolute atomic E-state index is 12.4. The van der Waals surface area contributed by atoms with Crippen LogP contribution in [0.4, 0.5) is 0 Å². The Balaban J connectivity index is 1.48. The number of aromatic nitrogens is 3. The van der Waals surface area contributed by atoms with Gasteiger partial charge in [-0.25, -0.2) is 4.68 Å². The van der Waals surface area contributed by atoms with Gasteiger partial charge in [-0.05, 0) is 36.4 Å². The maximum atomic E-state index is 12.4. The van der Waals surface area contributed by atoms with Crippen molar-refractivity contribution in [1.29, 1.82) is 0 Å². The number of rotatable bonds is 7. The molecule has 1 aliphatic heterocycles. The second kappa shape index (κ2) is 9.45. The van der Waals surface area contributed by atoms with Gasteiger partial charge in [0.15, 0.2) is 5.69 Å². The van der Waals surface area contributed by atoms with E-state index in [2.05, 4.69) is 39.5 Å². The molecule has 8 heteroatoms. The van der Waals surface area contributed by atoms with Gasteiger partial charge < -0.3 is 14.7 Å². The molecular formula is C23H29N5O3. The molecule has 164 valence electrons. The zero-order chi connectivity index (χ0) is 21.8. The molecule has 2 aromatic carbocycles. The van der Waals surface area contributed by atoms with Crippen molar-refractivity contribution < 1.29 is 14.6 Å². The molecular weight excluding hydrogens is 394 g/mol. The van der Waals surface area contributed by atoms with Crippen LogP contribution in [0, 0.1) is 0 Å². The topological polar surface area (TPSA) is 83.7 Å². The van der Waals surface area contributed by atoms with E-state index in [0.29, 0.717) is 5.69 Å². The average Bonchev–Trinajstić information content (AvgIpc) is 3.29. The molecule has 1 atom stereocenters. The lowest BCUT2D eigenvalue weighted by Crippen LogP contribution is -2.36. The molecule has 3 aromatic rings.